The van der Waals surface area contributed by atoms with Crippen molar-refractivity contribution in [3.8, 4) is 28.8 Å². The van der Waals surface area contributed by atoms with Crippen molar-refractivity contribution < 1.29 is 26.3 Å². The maximum atomic E-state index is 13.2. The molecule has 36 heavy (non-hydrogen) atoms. The van der Waals surface area contributed by atoms with Crippen LogP contribution in [0.2, 0.25) is 0 Å². The molecule has 0 radical (unpaired) electrons. The Balaban J connectivity index is 1.84. The first-order valence-electron chi connectivity index (χ1n) is 10.4. The number of hydrogen-bond acceptors (Lipinski definition) is 9. The molecule has 0 aliphatic heterocycles. The zero-order valence-corrected chi connectivity index (χ0v) is 19.8. The van der Waals surface area contributed by atoms with Crippen molar-refractivity contribution in [2.24, 2.45) is 7.05 Å². The first-order valence-corrected chi connectivity index (χ1v) is 12.1. The zero-order valence-electron chi connectivity index (χ0n) is 19.0. The summed E-state index contributed by atoms with van der Waals surface area (Å²) >= 11 is 0. The van der Waals surface area contributed by atoms with Crippen molar-refractivity contribution in [2.75, 3.05) is 12.9 Å². The van der Waals surface area contributed by atoms with E-state index in [1.165, 1.54) is 42.6 Å². The molecule has 0 aliphatic rings. The van der Waals surface area contributed by atoms with Crippen molar-refractivity contribution in [1.29, 1.82) is 0 Å². The van der Waals surface area contributed by atoms with Gasteiger partial charge >= 0.3 is 6.18 Å². The molecule has 5 rings (SSSR count). The number of aryl methyl sites for hydroxylation is 1. The van der Waals surface area contributed by atoms with Crippen LogP contribution in [0.5, 0.6) is 5.88 Å². The standard InChI is InChI=1S/C21H17F3N8O3S/c1-4-36(33,34)20-15(19-28-12-9-11(21(22,23)24)10-27-17(12)31(19)2)18-26-7-5-13(32(18)30-20)16-25-8-6-14(29-16)35-3/h5-10H,4H2,1-3H3. The average Bonchev–Trinajstić information content (AvgIpc) is 3.41. The second-order valence-corrected chi connectivity index (χ2v) is 9.82. The number of fused-ring (bicyclic) bond motifs is 2. The van der Waals surface area contributed by atoms with Gasteiger partial charge in [0.2, 0.25) is 5.88 Å². The normalized spacial score (nSPS) is 12.5. The highest BCUT2D eigenvalue weighted by molar-refractivity contribution is 7.91. The summed E-state index contributed by atoms with van der Waals surface area (Å²) in [5.74, 6) is 0.225. The van der Waals surface area contributed by atoms with Crippen LogP contribution in [-0.2, 0) is 23.1 Å². The SMILES string of the molecule is CCS(=O)(=O)c1nn2c(-c3nccc(OC)n3)ccnc2c1-c1nc2cc(C(F)(F)F)cnc2n1C. The predicted octanol–water partition coefficient (Wildman–Crippen LogP) is 2.96. The quantitative estimate of drug-likeness (QED) is 0.345. The molecule has 0 atom stereocenters. The van der Waals surface area contributed by atoms with E-state index in [2.05, 4.69) is 30.0 Å². The van der Waals surface area contributed by atoms with Crippen molar-refractivity contribution in [1.82, 2.24) is 39.1 Å². The summed E-state index contributed by atoms with van der Waals surface area (Å²) < 4.78 is 73.6. The Morgan fingerprint density at radius 3 is 2.50 bits per heavy atom. The van der Waals surface area contributed by atoms with Gasteiger partial charge in [0.15, 0.2) is 32.0 Å². The Morgan fingerprint density at radius 1 is 1.06 bits per heavy atom. The molecule has 0 N–H and O–H groups in total. The van der Waals surface area contributed by atoms with Crippen LogP contribution < -0.4 is 4.74 Å². The molecule has 11 nitrogen and oxygen atoms in total. The molecule has 5 heterocycles. The third-order valence-corrected chi connectivity index (χ3v) is 7.12. The van der Waals surface area contributed by atoms with E-state index in [0.717, 1.165) is 6.07 Å². The van der Waals surface area contributed by atoms with Crippen LogP contribution in [0, 0.1) is 0 Å². The van der Waals surface area contributed by atoms with Gasteiger partial charge in [0.25, 0.3) is 0 Å². The lowest BCUT2D eigenvalue weighted by atomic mass is 10.2. The Kier molecular flexibility index (Phi) is 5.39. The molecule has 0 fully saturated rings. The van der Waals surface area contributed by atoms with E-state index >= 15 is 0 Å². The average molecular weight is 518 g/mol. The van der Waals surface area contributed by atoms with Gasteiger partial charge in [-0.15, -0.1) is 0 Å². The number of pyridine rings is 1. The highest BCUT2D eigenvalue weighted by Gasteiger charge is 2.33. The maximum Gasteiger partial charge on any atom is 0.417 e. The summed E-state index contributed by atoms with van der Waals surface area (Å²) in [7, 11) is -0.967. The van der Waals surface area contributed by atoms with Crippen LogP contribution in [0.25, 0.3) is 39.7 Å². The Bertz CT molecular complexity index is 1750. The minimum Gasteiger partial charge on any atom is -0.481 e. The summed E-state index contributed by atoms with van der Waals surface area (Å²) in [5.41, 5.74) is -0.472. The molecule has 0 aliphatic carbocycles. The molecule has 0 unspecified atom stereocenters. The Morgan fingerprint density at radius 2 is 1.81 bits per heavy atom. The summed E-state index contributed by atoms with van der Waals surface area (Å²) in [5, 5.41) is 3.99. The molecular weight excluding hydrogens is 501 g/mol. The van der Waals surface area contributed by atoms with Crippen molar-refractivity contribution in [2.45, 2.75) is 18.1 Å². The molecule has 0 amide bonds. The minimum absolute atomic E-state index is 0.0238. The van der Waals surface area contributed by atoms with E-state index in [9.17, 15) is 21.6 Å². The number of rotatable bonds is 5. The van der Waals surface area contributed by atoms with Gasteiger partial charge < -0.3 is 9.30 Å². The van der Waals surface area contributed by atoms with Crippen molar-refractivity contribution in [3.05, 3.63) is 42.4 Å². The first kappa shape index (κ1) is 23.6. The second kappa shape index (κ2) is 8.22. The fourth-order valence-electron chi connectivity index (χ4n) is 3.68. The maximum absolute atomic E-state index is 13.2. The molecule has 0 bridgehead atoms. The lowest BCUT2D eigenvalue weighted by molar-refractivity contribution is -0.137. The number of methoxy groups -OCH3 is 1. The summed E-state index contributed by atoms with van der Waals surface area (Å²) in [4.78, 5) is 21.0. The number of sulfone groups is 1. The lowest BCUT2D eigenvalue weighted by Gasteiger charge is -2.06. The molecule has 186 valence electrons. The summed E-state index contributed by atoms with van der Waals surface area (Å²) in [6.07, 6.45) is -1.03. The number of imidazole rings is 1. The largest absolute Gasteiger partial charge is 0.481 e. The number of aromatic nitrogens is 8. The molecule has 5 aromatic rings. The van der Waals surface area contributed by atoms with E-state index in [1.54, 1.807) is 12.1 Å². The predicted molar refractivity (Wildman–Crippen MR) is 121 cm³/mol. The van der Waals surface area contributed by atoms with Gasteiger partial charge in [0, 0.05) is 31.7 Å². The monoisotopic (exact) mass is 518 g/mol. The van der Waals surface area contributed by atoms with Gasteiger partial charge in [0.1, 0.15) is 22.6 Å². The van der Waals surface area contributed by atoms with Gasteiger partial charge in [-0.2, -0.15) is 23.3 Å². The molecule has 0 spiro atoms. The Hall–Kier alpha value is -4.14. The number of nitrogens with zero attached hydrogens (tertiary/aromatic N) is 8. The van der Waals surface area contributed by atoms with E-state index in [1.807, 2.05) is 0 Å². The van der Waals surface area contributed by atoms with Crippen LogP contribution in [0.1, 0.15) is 12.5 Å². The van der Waals surface area contributed by atoms with Gasteiger partial charge in [-0.3, -0.25) is 0 Å². The minimum atomic E-state index is -4.62. The van der Waals surface area contributed by atoms with E-state index < -0.39 is 21.6 Å². The fraction of sp³-hybridized carbons (Fsp3) is 0.238. The van der Waals surface area contributed by atoms with E-state index in [4.69, 9.17) is 4.74 Å². The first-order chi connectivity index (χ1) is 17.0. The van der Waals surface area contributed by atoms with Crippen LogP contribution in [0.15, 0.2) is 41.8 Å². The van der Waals surface area contributed by atoms with Gasteiger partial charge in [-0.1, -0.05) is 6.92 Å². The van der Waals surface area contributed by atoms with E-state index in [-0.39, 0.29) is 50.7 Å². The molecular formula is C21H17F3N8O3S. The molecule has 5 aromatic heterocycles. The van der Waals surface area contributed by atoms with Gasteiger partial charge in [-0.05, 0) is 12.1 Å². The third-order valence-electron chi connectivity index (χ3n) is 5.49. The van der Waals surface area contributed by atoms with Crippen LogP contribution in [0.3, 0.4) is 0 Å². The highest BCUT2D eigenvalue weighted by Crippen LogP contribution is 2.35. The fourth-order valence-corrected chi connectivity index (χ4v) is 4.65. The molecule has 0 saturated heterocycles. The topological polar surface area (TPSA) is 130 Å². The van der Waals surface area contributed by atoms with Crippen LogP contribution >= 0.6 is 0 Å². The van der Waals surface area contributed by atoms with Gasteiger partial charge in [-0.25, -0.2) is 32.9 Å². The molecule has 15 heteroatoms. The Labute approximate surface area is 201 Å². The number of hydrogen-bond donors (Lipinski definition) is 0. The van der Waals surface area contributed by atoms with Crippen molar-refractivity contribution in [3.63, 3.8) is 0 Å². The van der Waals surface area contributed by atoms with Crippen molar-refractivity contribution >= 4 is 26.6 Å². The molecule has 0 saturated carbocycles. The second-order valence-electron chi connectivity index (χ2n) is 7.63. The molecule has 0 aromatic carbocycles. The number of ether oxygens (including phenoxy) is 1. The highest BCUT2D eigenvalue weighted by atomic mass is 32.2. The van der Waals surface area contributed by atoms with Gasteiger partial charge in [0.05, 0.1) is 18.4 Å². The zero-order chi connectivity index (χ0) is 25.8. The van der Waals surface area contributed by atoms with Crippen LogP contribution in [-0.4, -0.2) is 60.4 Å². The lowest BCUT2D eigenvalue weighted by Crippen LogP contribution is -2.07. The third kappa shape index (κ3) is 3.71. The number of alkyl halides is 3. The summed E-state index contributed by atoms with van der Waals surface area (Å²) in [6, 6.07) is 3.95. The van der Waals surface area contributed by atoms with Crippen LogP contribution in [0.4, 0.5) is 13.2 Å². The number of halogens is 3. The van der Waals surface area contributed by atoms with E-state index in [0.29, 0.717) is 11.9 Å². The smallest absolute Gasteiger partial charge is 0.417 e. The summed E-state index contributed by atoms with van der Waals surface area (Å²) in [6.45, 7) is 1.45.